The van der Waals surface area contributed by atoms with Gasteiger partial charge in [-0.25, -0.2) is 4.39 Å². The first kappa shape index (κ1) is 12.0. The molecular weight excluding hydrogens is 266 g/mol. The van der Waals surface area contributed by atoms with Crippen LogP contribution in [0.15, 0.2) is 22.7 Å². The number of hydrogen-bond donors (Lipinski definition) is 0. The molecule has 2 atom stereocenters. The lowest BCUT2D eigenvalue weighted by Gasteiger charge is -2.14. The van der Waals surface area contributed by atoms with Crippen molar-refractivity contribution in [3.05, 3.63) is 34.1 Å². The molecule has 3 heteroatoms. The normalized spacial score (nSPS) is 15.2. The molecule has 0 heterocycles. The quantitative estimate of drug-likeness (QED) is 0.720. The predicted octanol–water partition coefficient (Wildman–Crippen LogP) is 4.39. The number of hydrogen-bond acceptors (Lipinski definition) is 0. The van der Waals surface area contributed by atoms with Crippen LogP contribution < -0.4 is 0 Å². The molecule has 1 aromatic rings. The Morgan fingerprint density at radius 2 is 2.07 bits per heavy atom. The lowest BCUT2D eigenvalue weighted by molar-refractivity contribution is 0.536. The third-order valence-electron chi connectivity index (χ3n) is 2.33. The summed E-state index contributed by atoms with van der Waals surface area (Å²) < 4.78 is 14.2. The van der Waals surface area contributed by atoms with Gasteiger partial charge < -0.3 is 0 Å². The minimum Gasteiger partial charge on any atom is -0.207 e. The van der Waals surface area contributed by atoms with Gasteiger partial charge >= 0.3 is 0 Å². The van der Waals surface area contributed by atoms with Crippen molar-refractivity contribution < 1.29 is 4.39 Å². The maximum Gasteiger partial charge on any atom is 0.126 e. The third kappa shape index (κ3) is 3.25. The van der Waals surface area contributed by atoms with E-state index in [0.717, 1.165) is 10.0 Å². The first-order valence-electron chi connectivity index (χ1n) is 4.58. The lowest BCUT2D eigenvalue weighted by atomic mass is 9.98. The summed E-state index contributed by atoms with van der Waals surface area (Å²) in [6, 6.07) is 4.99. The van der Waals surface area contributed by atoms with Crippen LogP contribution in [0.4, 0.5) is 4.39 Å². The van der Waals surface area contributed by atoms with Crippen LogP contribution in [0.2, 0.25) is 0 Å². The van der Waals surface area contributed by atoms with Crippen molar-refractivity contribution >= 4 is 27.5 Å². The Labute approximate surface area is 97.6 Å². The largest absolute Gasteiger partial charge is 0.207 e. The van der Waals surface area contributed by atoms with E-state index < -0.39 is 0 Å². The molecule has 2 unspecified atom stereocenters. The van der Waals surface area contributed by atoms with Crippen molar-refractivity contribution in [3.63, 3.8) is 0 Å². The third-order valence-corrected chi connectivity index (χ3v) is 3.26. The average Bonchev–Trinajstić information content (AvgIpc) is 2.11. The van der Waals surface area contributed by atoms with E-state index in [1.807, 2.05) is 19.9 Å². The maximum atomic E-state index is 13.3. The second-order valence-electron chi connectivity index (χ2n) is 3.59. The fraction of sp³-hybridized carbons (Fsp3) is 0.455. The maximum absolute atomic E-state index is 13.3. The Hall–Kier alpha value is -0.0800. The molecule has 0 saturated carbocycles. The summed E-state index contributed by atoms with van der Waals surface area (Å²) in [4.78, 5) is 0. The van der Waals surface area contributed by atoms with Crippen LogP contribution in [-0.4, -0.2) is 5.38 Å². The highest BCUT2D eigenvalue weighted by molar-refractivity contribution is 9.10. The molecule has 1 rings (SSSR count). The van der Waals surface area contributed by atoms with Crippen LogP contribution in [0.25, 0.3) is 0 Å². The molecule has 0 aromatic heterocycles. The first-order chi connectivity index (χ1) is 6.50. The predicted molar refractivity (Wildman–Crippen MR) is 62.3 cm³/mol. The zero-order valence-corrected chi connectivity index (χ0v) is 10.6. The van der Waals surface area contributed by atoms with Gasteiger partial charge in [0.1, 0.15) is 5.82 Å². The summed E-state index contributed by atoms with van der Waals surface area (Å²) in [5, 5.41) is 0.0633. The van der Waals surface area contributed by atoms with Gasteiger partial charge in [-0.05, 0) is 43.0 Å². The second kappa shape index (κ2) is 5.13. The molecule has 0 N–H and O–H groups in total. The van der Waals surface area contributed by atoms with E-state index in [0.29, 0.717) is 6.42 Å². The van der Waals surface area contributed by atoms with E-state index in [9.17, 15) is 4.39 Å². The van der Waals surface area contributed by atoms with Gasteiger partial charge in [0, 0.05) is 9.85 Å². The highest BCUT2D eigenvalue weighted by Gasteiger charge is 2.12. The lowest BCUT2D eigenvalue weighted by Crippen LogP contribution is -2.11. The van der Waals surface area contributed by atoms with Gasteiger partial charge in [0.05, 0.1) is 0 Å². The van der Waals surface area contributed by atoms with E-state index in [1.54, 1.807) is 6.07 Å². The first-order valence-corrected chi connectivity index (χ1v) is 5.81. The molecule has 1 aromatic carbocycles. The molecule has 14 heavy (non-hydrogen) atoms. The molecule has 0 aliphatic heterocycles. The summed E-state index contributed by atoms with van der Waals surface area (Å²) in [6.45, 7) is 3.96. The van der Waals surface area contributed by atoms with E-state index in [4.69, 9.17) is 11.6 Å². The Balaban J connectivity index is 2.80. The summed E-state index contributed by atoms with van der Waals surface area (Å²) in [5.41, 5.74) is 0.722. The molecule has 78 valence electrons. The SMILES string of the molecule is CC(Cl)C(C)Cc1cc(Br)ccc1F. The Morgan fingerprint density at radius 1 is 1.43 bits per heavy atom. The van der Waals surface area contributed by atoms with E-state index in [1.165, 1.54) is 6.07 Å². The monoisotopic (exact) mass is 278 g/mol. The van der Waals surface area contributed by atoms with Crippen LogP contribution in [0.3, 0.4) is 0 Å². The van der Waals surface area contributed by atoms with Crippen molar-refractivity contribution in [3.8, 4) is 0 Å². The van der Waals surface area contributed by atoms with Crippen LogP contribution in [0.1, 0.15) is 19.4 Å². The fourth-order valence-electron chi connectivity index (χ4n) is 1.21. The summed E-state index contributed by atoms with van der Waals surface area (Å²) in [5.74, 6) is 0.123. The molecule has 0 aliphatic carbocycles. The Bertz CT molecular complexity index is 312. The molecule has 0 spiro atoms. The highest BCUT2D eigenvalue weighted by atomic mass is 79.9. The van der Waals surface area contributed by atoms with Crippen LogP contribution >= 0.6 is 27.5 Å². The number of rotatable bonds is 3. The molecule has 0 saturated heterocycles. The van der Waals surface area contributed by atoms with Gasteiger partial charge in [0.15, 0.2) is 0 Å². The van der Waals surface area contributed by atoms with Crippen LogP contribution in [0, 0.1) is 11.7 Å². The Kier molecular flexibility index (Phi) is 4.39. The van der Waals surface area contributed by atoms with E-state index in [2.05, 4.69) is 15.9 Å². The highest BCUT2D eigenvalue weighted by Crippen LogP contribution is 2.21. The summed E-state index contributed by atoms with van der Waals surface area (Å²) >= 11 is 9.26. The van der Waals surface area contributed by atoms with Crippen LogP contribution in [0.5, 0.6) is 0 Å². The van der Waals surface area contributed by atoms with Crippen LogP contribution in [-0.2, 0) is 6.42 Å². The minimum atomic E-state index is -0.155. The average molecular weight is 280 g/mol. The molecule has 0 aliphatic rings. The van der Waals surface area contributed by atoms with E-state index >= 15 is 0 Å². The number of benzene rings is 1. The molecule has 0 radical (unpaired) electrons. The van der Waals surface area contributed by atoms with Crippen molar-refractivity contribution in [2.24, 2.45) is 5.92 Å². The van der Waals surface area contributed by atoms with Crippen molar-refractivity contribution in [1.29, 1.82) is 0 Å². The molecule has 0 bridgehead atoms. The van der Waals surface area contributed by atoms with Crippen molar-refractivity contribution in [2.45, 2.75) is 25.6 Å². The number of alkyl halides is 1. The molecule has 0 nitrogen and oxygen atoms in total. The zero-order chi connectivity index (χ0) is 10.7. The summed E-state index contributed by atoms with van der Waals surface area (Å²) in [6.07, 6.45) is 0.677. The van der Waals surface area contributed by atoms with Gasteiger partial charge in [-0.15, -0.1) is 11.6 Å². The van der Waals surface area contributed by atoms with Gasteiger partial charge in [-0.1, -0.05) is 22.9 Å². The fourth-order valence-corrected chi connectivity index (χ4v) is 1.71. The Morgan fingerprint density at radius 3 is 2.64 bits per heavy atom. The standard InChI is InChI=1S/C11H13BrClF/c1-7(8(2)13)5-9-6-10(12)3-4-11(9)14/h3-4,6-8H,5H2,1-2H3. The second-order valence-corrected chi connectivity index (χ2v) is 5.20. The van der Waals surface area contributed by atoms with Crippen molar-refractivity contribution in [1.82, 2.24) is 0 Å². The van der Waals surface area contributed by atoms with Gasteiger partial charge in [-0.3, -0.25) is 0 Å². The smallest absolute Gasteiger partial charge is 0.126 e. The van der Waals surface area contributed by atoms with Gasteiger partial charge in [-0.2, -0.15) is 0 Å². The minimum absolute atomic E-state index is 0.0633. The van der Waals surface area contributed by atoms with E-state index in [-0.39, 0.29) is 17.1 Å². The molecular formula is C11H13BrClF. The molecule has 0 fully saturated rings. The van der Waals surface area contributed by atoms with Crippen molar-refractivity contribution in [2.75, 3.05) is 0 Å². The summed E-state index contributed by atoms with van der Waals surface area (Å²) in [7, 11) is 0. The van der Waals surface area contributed by atoms with Gasteiger partial charge in [0.2, 0.25) is 0 Å². The topological polar surface area (TPSA) is 0 Å². The number of halogens is 3. The zero-order valence-electron chi connectivity index (χ0n) is 8.23. The molecule has 0 amide bonds. The van der Waals surface area contributed by atoms with Gasteiger partial charge in [0.25, 0.3) is 0 Å².